The maximum Gasteiger partial charge on any atom is 0.0455 e. The van der Waals surface area contributed by atoms with E-state index in [0.717, 1.165) is 17.1 Å². The van der Waals surface area contributed by atoms with Crippen LogP contribution in [0, 0.1) is 0 Å². The minimum absolute atomic E-state index is 0.368. The van der Waals surface area contributed by atoms with Gasteiger partial charge in [-0.2, -0.15) is 0 Å². The summed E-state index contributed by atoms with van der Waals surface area (Å²) >= 11 is 5.90. The van der Waals surface area contributed by atoms with E-state index in [1.54, 1.807) is 0 Å². The summed E-state index contributed by atoms with van der Waals surface area (Å²) in [5, 5.41) is 5.55. The van der Waals surface area contributed by atoms with E-state index in [1.165, 1.54) is 16.5 Å². The van der Waals surface area contributed by atoms with E-state index < -0.39 is 0 Å². The third-order valence-electron chi connectivity index (χ3n) is 3.42. The number of hydrogen-bond acceptors (Lipinski definition) is 1. The van der Waals surface area contributed by atoms with Crippen molar-refractivity contribution in [3.8, 4) is 0 Å². The van der Waals surface area contributed by atoms with Gasteiger partial charge in [-0.3, -0.25) is 0 Å². The molecule has 0 fully saturated rings. The molecule has 3 heteroatoms. The van der Waals surface area contributed by atoms with Crippen LogP contribution in [0.3, 0.4) is 0 Å². The molecule has 2 N–H and O–H groups in total. The van der Waals surface area contributed by atoms with Crippen molar-refractivity contribution < 1.29 is 0 Å². The summed E-state index contributed by atoms with van der Waals surface area (Å²) in [5.74, 6) is 0. The van der Waals surface area contributed by atoms with Gasteiger partial charge in [0.1, 0.15) is 0 Å². The molecule has 0 saturated carbocycles. The molecule has 0 aliphatic rings. The molecular weight excluding hydrogens is 268 g/mol. The zero-order valence-electron chi connectivity index (χ0n) is 11.4. The predicted molar refractivity (Wildman–Crippen MR) is 86.5 cm³/mol. The molecule has 2 nitrogen and oxygen atoms in total. The molecule has 3 rings (SSSR count). The number of H-pyrrole nitrogens is 1. The van der Waals surface area contributed by atoms with Crippen molar-refractivity contribution in [2.45, 2.75) is 19.4 Å². The molecule has 0 amide bonds. The van der Waals surface area contributed by atoms with Crippen LogP contribution in [-0.2, 0) is 6.42 Å². The molecule has 20 heavy (non-hydrogen) atoms. The first-order valence-corrected chi connectivity index (χ1v) is 7.16. The van der Waals surface area contributed by atoms with Crippen LogP contribution in [0.2, 0.25) is 5.02 Å². The second kappa shape index (κ2) is 5.59. The Morgan fingerprint density at radius 1 is 1.10 bits per heavy atom. The number of hydrogen-bond donors (Lipinski definition) is 2. The fourth-order valence-corrected chi connectivity index (χ4v) is 2.58. The summed E-state index contributed by atoms with van der Waals surface area (Å²) in [7, 11) is 0. The maximum absolute atomic E-state index is 5.90. The second-order valence-electron chi connectivity index (χ2n) is 5.16. The Kier molecular flexibility index (Phi) is 3.66. The Labute approximate surface area is 123 Å². The third kappa shape index (κ3) is 2.97. The van der Waals surface area contributed by atoms with Crippen LogP contribution in [0.25, 0.3) is 10.9 Å². The van der Waals surface area contributed by atoms with Crippen LogP contribution in [0.1, 0.15) is 12.5 Å². The van der Waals surface area contributed by atoms with E-state index in [1.807, 2.05) is 18.3 Å². The van der Waals surface area contributed by atoms with Gasteiger partial charge in [0.05, 0.1) is 0 Å². The molecule has 102 valence electrons. The van der Waals surface area contributed by atoms with Crippen molar-refractivity contribution in [1.82, 2.24) is 4.98 Å². The summed E-state index contributed by atoms with van der Waals surface area (Å²) in [4.78, 5) is 3.20. The van der Waals surface area contributed by atoms with Gasteiger partial charge in [0.2, 0.25) is 0 Å². The van der Waals surface area contributed by atoms with Crippen molar-refractivity contribution in [1.29, 1.82) is 0 Å². The fourth-order valence-electron chi connectivity index (χ4n) is 2.45. The van der Waals surface area contributed by atoms with Gasteiger partial charge in [-0.05, 0) is 55.3 Å². The fraction of sp³-hybridized carbons (Fsp3) is 0.176. The molecule has 3 aromatic rings. The SMILES string of the molecule is CC(Cc1ccc(Cl)cc1)Nc1ccc2[nH]ccc2c1. The van der Waals surface area contributed by atoms with Crippen molar-refractivity contribution in [2.75, 3.05) is 5.32 Å². The monoisotopic (exact) mass is 284 g/mol. The van der Waals surface area contributed by atoms with Gasteiger partial charge in [0, 0.05) is 33.9 Å². The third-order valence-corrected chi connectivity index (χ3v) is 3.67. The highest BCUT2D eigenvalue weighted by Gasteiger charge is 2.04. The summed E-state index contributed by atoms with van der Waals surface area (Å²) in [6.45, 7) is 2.19. The van der Waals surface area contributed by atoms with Gasteiger partial charge >= 0.3 is 0 Å². The average Bonchev–Trinajstić information content (AvgIpc) is 2.89. The maximum atomic E-state index is 5.90. The zero-order valence-corrected chi connectivity index (χ0v) is 12.1. The van der Waals surface area contributed by atoms with Crippen molar-refractivity contribution in [3.63, 3.8) is 0 Å². The highest BCUT2D eigenvalue weighted by molar-refractivity contribution is 6.30. The standard InChI is InChI=1S/C17H17ClN2/c1-12(10-13-2-4-15(18)5-3-13)20-16-6-7-17-14(11-16)8-9-19-17/h2-9,11-12,19-20H,10H2,1H3. The number of benzene rings is 2. The van der Waals surface area contributed by atoms with Crippen molar-refractivity contribution >= 4 is 28.2 Å². The van der Waals surface area contributed by atoms with E-state index >= 15 is 0 Å². The molecule has 1 atom stereocenters. The first-order chi connectivity index (χ1) is 9.70. The number of halogens is 1. The molecule has 0 bridgehead atoms. The van der Waals surface area contributed by atoms with Gasteiger partial charge in [0.15, 0.2) is 0 Å². The minimum atomic E-state index is 0.368. The van der Waals surface area contributed by atoms with Crippen LogP contribution in [0.4, 0.5) is 5.69 Å². The Morgan fingerprint density at radius 2 is 1.90 bits per heavy atom. The number of aromatic nitrogens is 1. The molecule has 1 aromatic heterocycles. The van der Waals surface area contributed by atoms with Gasteiger partial charge in [0.25, 0.3) is 0 Å². The molecule has 2 aromatic carbocycles. The predicted octanol–water partition coefficient (Wildman–Crippen LogP) is 4.86. The molecular formula is C17H17ClN2. The van der Waals surface area contributed by atoms with Crippen LogP contribution in [-0.4, -0.2) is 11.0 Å². The Bertz CT molecular complexity index is 700. The molecule has 0 aliphatic heterocycles. The molecule has 0 radical (unpaired) electrons. The number of rotatable bonds is 4. The van der Waals surface area contributed by atoms with Crippen molar-refractivity contribution in [3.05, 3.63) is 65.3 Å². The largest absolute Gasteiger partial charge is 0.382 e. The highest BCUT2D eigenvalue weighted by Crippen LogP contribution is 2.19. The zero-order chi connectivity index (χ0) is 13.9. The lowest BCUT2D eigenvalue weighted by Crippen LogP contribution is -2.17. The van der Waals surface area contributed by atoms with Gasteiger partial charge in [-0.1, -0.05) is 23.7 Å². The molecule has 1 heterocycles. The summed E-state index contributed by atoms with van der Waals surface area (Å²) in [6.07, 6.45) is 2.94. The first-order valence-electron chi connectivity index (χ1n) is 6.79. The topological polar surface area (TPSA) is 27.8 Å². The van der Waals surface area contributed by atoms with Crippen LogP contribution in [0.15, 0.2) is 54.7 Å². The smallest absolute Gasteiger partial charge is 0.0455 e. The number of anilines is 1. The molecule has 0 saturated heterocycles. The van der Waals surface area contributed by atoms with Crippen LogP contribution >= 0.6 is 11.6 Å². The summed E-state index contributed by atoms with van der Waals surface area (Å²) in [5.41, 5.74) is 3.61. The van der Waals surface area contributed by atoms with E-state index in [-0.39, 0.29) is 0 Å². The highest BCUT2D eigenvalue weighted by atomic mass is 35.5. The van der Waals surface area contributed by atoms with Crippen LogP contribution < -0.4 is 5.32 Å². The van der Waals surface area contributed by atoms with E-state index in [4.69, 9.17) is 11.6 Å². The molecule has 0 spiro atoms. The number of nitrogens with one attached hydrogen (secondary N) is 2. The lowest BCUT2D eigenvalue weighted by Gasteiger charge is -2.15. The summed E-state index contributed by atoms with van der Waals surface area (Å²) < 4.78 is 0. The normalized spacial score (nSPS) is 12.5. The Balaban J connectivity index is 1.68. The van der Waals surface area contributed by atoms with Gasteiger partial charge in [-0.25, -0.2) is 0 Å². The number of aromatic amines is 1. The minimum Gasteiger partial charge on any atom is -0.382 e. The van der Waals surface area contributed by atoms with Gasteiger partial charge in [-0.15, -0.1) is 0 Å². The lowest BCUT2D eigenvalue weighted by atomic mass is 10.1. The van der Waals surface area contributed by atoms with Crippen molar-refractivity contribution in [2.24, 2.45) is 0 Å². The number of fused-ring (bicyclic) bond motifs is 1. The first kappa shape index (κ1) is 13.1. The molecule has 1 unspecified atom stereocenters. The Hall–Kier alpha value is -1.93. The average molecular weight is 285 g/mol. The van der Waals surface area contributed by atoms with E-state index in [9.17, 15) is 0 Å². The van der Waals surface area contributed by atoms with E-state index in [0.29, 0.717) is 6.04 Å². The molecule has 0 aliphatic carbocycles. The lowest BCUT2D eigenvalue weighted by molar-refractivity contribution is 0.790. The summed E-state index contributed by atoms with van der Waals surface area (Å²) in [6, 6.07) is 16.9. The Morgan fingerprint density at radius 3 is 2.70 bits per heavy atom. The van der Waals surface area contributed by atoms with Gasteiger partial charge < -0.3 is 10.3 Å². The van der Waals surface area contributed by atoms with E-state index in [2.05, 4.69) is 53.6 Å². The van der Waals surface area contributed by atoms with Crippen LogP contribution in [0.5, 0.6) is 0 Å². The quantitative estimate of drug-likeness (QED) is 0.703. The second-order valence-corrected chi connectivity index (χ2v) is 5.59.